The number of aromatic carboxylic acids is 1. The largest absolute Gasteiger partial charge is 0.486 e. The molecule has 9 nitrogen and oxygen atoms in total. The molecule has 2 aromatic carbocycles. The number of nitrogens with one attached hydrogen (secondary N) is 1. The van der Waals surface area contributed by atoms with Crippen LogP contribution < -0.4 is 10.2 Å². The van der Waals surface area contributed by atoms with Gasteiger partial charge in [-0.1, -0.05) is 12.1 Å². The molecule has 3 aromatic heterocycles. The fraction of sp³-hybridized carbons (Fsp3) is 0.160. The minimum atomic E-state index is -0.980. The lowest BCUT2D eigenvalue weighted by Gasteiger charge is -2.06. The van der Waals surface area contributed by atoms with Crippen LogP contribution in [0.25, 0.3) is 33.0 Å². The van der Waals surface area contributed by atoms with Crippen LogP contribution in [0.3, 0.4) is 0 Å². The lowest BCUT2D eigenvalue weighted by molar-refractivity contribution is 0.0697. The number of carbonyl (C=O) groups is 1. The maximum atomic E-state index is 14.4. The van der Waals surface area contributed by atoms with Crippen molar-refractivity contribution in [3.05, 3.63) is 70.6 Å². The highest BCUT2D eigenvalue weighted by Crippen LogP contribution is 2.37. The van der Waals surface area contributed by atoms with Gasteiger partial charge in [-0.15, -0.1) is 11.3 Å². The van der Waals surface area contributed by atoms with Gasteiger partial charge in [0.1, 0.15) is 34.5 Å². The molecule has 1 aliphatic rings. The number of benzene rings is 2. The van der Waals surface area contributed by atoms with Crippen LogP contribution in [0, 0.1) is 12.7 Å². The number of methoxy groups -OCH3 is 1. The highest BCUT2D eigenvalue weighted by atomic mass is 32.2. The summed E-state index contributed by atoms with van der Waals surface area (Å²) in [4.78, 5) is 21.3. The van der Waals surface area contributed by atoms with E-state index >= 15 is 0 Å². The zero-order chi connectivity index (χ0) is 25.7. The van der Waals surface area contributed by atoms with Crippen LogP contribution in [0.4, 0.5) is 4.39 Å². The first kappa shape index (κ1) is 23.5. The van der Waals surface area contributed by atoms with E-state index in [-0.39, 0.29) is 17.7 Å². The Morgan fingerprint density at radius 3 is 2.78 bits per heavy atom. The molecule has 1 aliphatic heterocycles. The summed E-state index contributed by atoms with van der Waals surface area (Å²) in [6.45, 7) is 2.06. The third kappa shape index (κ3) is 4.43. The number of furan rings is 1. The second-order valence-electron chi connectivity index (χ2n) is 8.21. The SMILES string of the molecule is COC1Nn2cc(-c3cc4c(OCc5nc(-c6ccc(C(=O)O)cc6)sc5C)cc(F)cc4o3)nc2S1. The molecule has 0 amide bonds. The molecular formula is C25H19FN4O5S2. The van der Waals surface area contributed by atoms with E-state index in [1.54, 1.807) is 48.3 Å². The van der Waals surface area contributed by atoms with Gasteiger partial charge in [0.15, 0.2) is 16.5 Å². The first-order valence-corrected chi connectivity index (χ1v) is 12.8. The first-order chi connectivity index (χ1) is 17.9. The predicted molar refractivity (Wildman–Crippen MR) is 137 cm³/mol. The van der Waals surface area contributed by atoms with Gasteiger partial charge in [0, 0.05) is 29.7 Å². The van der Waals surface area contributed by atoms with Crippen LogP contribution in [0.15, 0.2) is 58.2 Å². The maximum absolute atomic E-state index is 14.4. The number of carboxylic acids is 1. The number of hydrogen-bond donors (Lipinski definition) is 2. The molecule has 6 rings (SSSR count). The van der Waals surface area contributed by atoms with Crippen LogP contribution in [0.5, 0.6) is 5.75 Å². The lowest BCUT2D eigenvalue weighted by Crippen LogP contribution is -2.19. The molecule has 0 spiro atoms. The number of aromatic nitrogens is 3. The van der Waals surface area contributed by atoms with E-state index < -0.39 is 11.8 Å². The number of nitrogens with zero attached hydrogens (tertiary/aromatic N) is 3. The van der Waals surface area contributed by atoms with Crippen LogP contribution >= 0.6 is 23.1 Å². The number of carboxylic acid groups (broad SMARTS) is 1. The van der Waals surface area contributed by atoms with Crippen molar-refractivity contribution < 1.29 is 28.2 Å². The first-order valence-electron chi connectivity index (χ1n) is 11.1. The molecule has 0 aliphatic carbocycles. The number of thiazole rings is 1. The second-order valence-corrected chi connectivity index (χ2v) is 10.4. The summed E-state index contributed by atoms with van der Waals surface area (Å²) < 4.78 is 33.4. The smallest absolute Gasteiger partial charge is 0.335 e. The zero-order valence-electron chi connectivity index (χ0n) is 19.5. The Kier molecular flexibility index (Phi) is 5.86. The highest BCUT2D eigenvalue weighted by molar-refractivity contribution is 7.99. The predicted octanol–water partition coefficient (Wildman–Crippen LogP) is 5.72. The molecule has 4 heterocycles. The van der Waals surface area contributed by atoms with Crippen molar-refractivity contribution >= 4 is 40.0 Å². The molecule has 37 heavy (non-hydrogen) atoms. The van der Waals surface area contributed by atoms with E-state index in [1.807, 2.05) is 6.92 Å². The van der Waals surface area contributed by atoms with E-state index in [1.165, 1.54) is 35.2 Å². The van der Waals surface area contributed by atoms with Crippen molar-refractivity contribution in [3.63, 3.8) is 0 Å². The molecule has 188 valence electrons. The summed E-state index contributed by atoms with van der Waals surface area (Å²) >= 11 is 2.91. The van der Waals surface area contributed by atoms with Gasteiger partial charge >= 0.3 is 5.97 Å². The topological polar surface area (TPSA) is 112 Å². The average Bonchev–Trinajstić information content (AvgIpc) is 3.64. The Balaban J connectivity index is 1.24. The van der Waals surface area contributed by atoms with E-state index in [0.29, 0.717) is 33.9 Å². The summed E-state index contributed by atoms with van der Waals surface area (Å²) in [5.41, 5.74) is 5.61. The summed E-state index contributed by atoms with van der Waals surface area (Å²) in [5, 5.41) is 11.2. The normalized spacial score (nSPS) is 14.6. The van der Waals surface area contributed by atoms with Gasteiger partial charge in [0.2, 0.25) is 0 Å². The molecule has 1 atom stereocenters. The van der Waals surface area contributed by atoms with Gasteiger partial charge in [-0.05, 0) is 36.9 Å². The number of aryl methyl sites for hydroxylation is 1. The maximum Gasteiger partial charge on any atom is 0.335 e. The van der Waals surface area contributed by atoms with Crippen LogP contribution in [0.1, 0.15) is 20.9 Å². The molecule has 2 N–H and O–H groups in total. The molecule has 0 radical (unpaired) electrons. The van der Waals surface area contributed by atoms with Crippen molar-refractivity contribution in [2.24, 2.45) is 0 Å². The fourth-order valence-electron chi connectivity index (χ4n) is 3.90. The van der Waals surface area contributed by atoms with Gasteiger partial charge in [-0.3, -0.25) is 5.43 Å². The molecule has 12 heteroatoms. The van der Waals surface area contributed by atoms with Crippen molar-refractivity contribution in [3.8, 4) is 27.8 Å². The minimum absolute atomic E-state index is 0.131. The number of halogens is 1. The van der Waals surface area contributed by atoms with Gasteiger partial charge < -0.3 is 19.0 Å². The number of hydrogen-bond acceptors (Lipinski definition) is 9. The molecule has 0 fully saturated rings. The van der Waals surface area contributed by atoms with Crippen molar-refractivity contribution in [2.45, 2.75) is 24.2 Å². The van der Waals surface area contributed by atoms with Crippen LogP contribution in [-0.2, 0) is 11.3 Å². The lowest BCUT2D eigenvalue weighted by atomic mass is 10.1. The molecule has 0 bridgehead atoms. The van der Waals surface area contributed by atoms with Crippen LogP contribution in [0.2, 0.25) is 0 Å². The number of fused-ring (bicyclic) bond motifs is 2. The molecule has 0 saturated heterocycles. The number of rotatable bonds is 7. The Labute approximate surface area is 217 Å². The van der Waals surface area contributed by atoms with E-state index in [2.05, 4.69) is 15.4 Å². The second kappa shape index (κ2) is 9.21. The Morgan fingerprint density at radius 1 is 1.24 bits per heavy atom. The van der Waals surface area contributed by atoms with Crippen molar-refractivity contribution in [1.29, 1.82) is 0 Å². The zero-order valence-corrected chi connectivity index (χ0v) is 21.2. The van der Waals surface area contributed by atoms with Crippen molar-refractivity contribution in [2.75, 3.05) is 12.5 Å². The third-order valence-electron chi connectivity index (χ3n) is 5.80. The average molecular weight is 539 g/mol. The van der Waals surface area contributed by atoms with E-state index in [4.69, 9.17) is 19.0 Å². The van der Waals surface area contributed by atoms with Gasteiger partial charge in [0.25, 0.3) is 0 Å². The highest BCUT2D eigenvalue weighted by Gasteiger charge is 2.25. The quantitative estimate of drug-likeness (QED) is 0.269. The van der Waals surface area contributed by atoms with Gasteiger partial charge in [-0.25, -0.2) is 23.8 Å². The standard InChI is InChI=1S/C25H19FN4O5S2/c1-12-18(27-22(36-12)13-3-5-14(6-4-13)23(31)32)11-34-19-7-15(26)8-20-16(19)9-21(35-20)17-10-30-24(28-17)37-25(29-30)33-2/h3-10,25,29H,11H2,1-2H3,(H,31,32). The minimum Gasteiger partial charge on any atom is -0.486 e. The molecule has 5 aromatic rings. The van der Waals surface area contributed by atoms with E-state index in [0.717, 1.165) is 20.6 Å². The number of ether oxygens (including phenoxy) is 2. The molecule has 0 saturated carbocycles. The van der Waals surface area contributed by atoms with E-state index in [9.17, 15) is 9.18 Å². The summed E-state index contributed by atoms with van der Waals surface area (Å²) in [6, 6.07) is 11.0. The monoisotopic (exact) mass is 538 g/mol. The Hall–Kier alpha value is -3.87. The Morgan fingerprint density at radius 2 is 2.05 bits per heavy atom. The Bertz CT molecular complexity index is 1620. The summed E-state index contributed by atoms with van der Waals surface area (Å²) in [7, 11) is 1.61. The van der Waals surface area contributed by atoms with Gasteiger partial charge in [0.05, 0.1) is 22.8 Å². The number of imidazole rings is 1. The van der Waals surface area contributed by atoms with Crippen molar-refractivity contribution in [1.82, 2.24) is 14.6 Å². The fourth-order valence-corrected chi connectivity index (χ4v) is 5.65. The third-order valence-corrected chi connectivity index (χ3v) is 7.87. The molecular weight excluding hydrogens is 519 g/mol. The van der Waals surface area contributed by atoms with Crippen LogP contribution in [-0.4, -0.2) is 38.4 Å². The van der Waals surface area contributed by atoms with Gasteiger partial charge in [-0.2, -0.15) is 0 Å². The number of thioether (sulfide) groups is 1. The molecule has 1 unspecified atom stereocenters. The summed E-state index contributed by atoms with van der Waals surface area (Å²) in [6.07, 6.45) is 1.79. The summed E-state index contributed by atoms with van der Waals surface area (Å²) in [5.74, 6) is -0.638.